The number of phenolic OH excluding ortho intramolecular Hbond substituents is 1. The second-order valence-corrected chi connectivity index (χ2v) is 10.4. The van der Waals surface area contributed by atoms with E-state index < -0.39 is 0 Å². The van der Waals surface area contributed by atoms with E-state index in [1.807, 2.05) is 30.3 Å². The largest absolute Gasteiger partial charge is 0.503 e. The van der Waals surface area contributed by atoms with Crippen molar-refractivity contribution in [3.63, 3.8) is 0 Å². The average molecular weight is 531 g/mol. The summed E-state index contributed by atoms with van der Waals surface area (Å²) < 4.78 is 13.1. The number of nitrogens with zero attached hydrogens (tertiary/aromatic N) is 2. The molecule has 1 atom stereocenters. The molecule has 1 unspecified atom stereocenters. The van der Waals surface area contributed by atoms with Gasteiger partial charge in [-0.2, -0.15) is 0 Å². The van der Waals surface area contributed by atoms with E-state index in [0.717, 1.165) is 41.0 Å². The number of aromatic hydroxyl groups is 1. The molecule has 0 saturated carbocycles. The van der Waals surface area contributed by atoms with E-state index >= 15 is 0 Å². The summed E-state index contributed by atoms with van der Waals surface area (Å²) in [6.45, 7) is 0. The van der Waals surface area contributed by atoms with Gasteiger partial charge in [0.05, 0.1) is 35.5 Å². The SMILES string of the molecule is COc1cccc(C2C3=C(N=c4sc(=Cc5cc(Cl)c(O)c(OC)c5)c(=O)n42)c2ccccc2CC3)c1. The fourth-order valence-corrected chi connectivity index (χ4v) is 6.34. The van der Waals surface area contributed by atoms with Gasteiger partial charge in [0.1, 0.15) is 5.75 Å². The number of fused-ring (bicyclic) bond motifs is 3. The number of aromatic nitrogens is 1. The van der Waals surface area contributed by atoms with Crippen LogP contribution in [0.4, 0.5) is 0 Å². The average Bonchev–Trinajstić information content (AvgIpc) is 3.23. The number of phenols is 1. The first-order chi connectivity index (χ1) is 18.0. The number of ether oxygens (including phenoxy) is 2. The highest BCUT2D eigenvalue weighted by molar-refractivity contribution is 7.07. The number of thiazole rings is 1. The molecule has 2 heterocycles. The lowest BCUT2D eigenvalue weighted by molar-refractivity contribution is 0.373. The highest BCUT2D eigenvalue weighted by Gasteiger charge is 2.32. The van der Waals surface area contributed by atoms with Crippen LogP contribution in [0.15, 0.2) is 76.0 Å². The minimum atomic E-state index is -0.296. The van der Waals surface area contributed by atoms with Gasteiger partial charge in [-0.15, -0.1) is 0 Å². The van der Waals surface area contributed by atoms with E-state index in [0.29, 0.717) is 14.9 Å². The first-order valence-corrected chi connectivity index (χ1v) is 13.0. The van der Waals surface area contributed by atoms with Crippen LogP contribution in [0.2, 0.25) is 5.02 Å². The van der Waals surface area contributed by atoms with Crippen molar-refractivity contribution in [3.8, 4) is 17.2 Å². The molecule has 0 saturated heterocycles. The summed E-state index contributed by atoms with van der Waals surface area (Å²) in [4.78, 5) is 19.6. The van der Waals surface area contributed by atoms with E-state index in [2.05, 4.69) is 18.2 Å². The van der Waals surface area contributed by atoms with Crippen molar-refractivity contribution in [2.24, 2.45) is 4.99 Å². The van der Waals surface area contributed by atoms with E-state index in [-0.39, 0.29) is 28.1 Å². The van der Waals surface area contributed by atoms with Crippen molar-refractivity contribution in [1.29, 1.82) is 0 Å². The van der Waals surface area contributed by atoms with Gasteiger partial charge >= 0.3 is 0 Å². The number of rotatable bonds is 4. The lowest BCUT2D eigenvalue weighted by atomic mass is 9.83. The third-order valence-corrected chi connectivity index (χ3v) is 8.12. The smallest absolute Gasteiger partial charge is 0.271 e. The Hall–Kier alpha value is -3.81. The highest BCUT2D eigenvalue weighted by Crippen LogP contribution is 2.41. The zero-order valence-corrected chi connectivity index (χ0v) is 21.8. The molecule has 6 nitrogen and oxygen atoms in total. The Labute approximate surface area is 222 Å². The Morgan fingerprint density at radius 1 is 1.08 bits per heavy atom. The Morgan fingerprint density at radius 3 is 2.73 bits per heavy atom. The molecule has 1 N–H and O–H groups in total. The molecule has 0 bridgehead atoms. The van der Waals surface area contributed by atoms with Crippen LogP contribution in [0.1, 0.15) is 34.7 Å². The first kappa shape index (κ1) is 23.6. The summed E-state index contributed by atoms with van der Waals surface area (Å²) in [7, 11) is 3.10. The molecular weight excluding hydrogens is 508 g/mol. The zero-order chi connectivity index (χ0) is 25.7. The van der Waals surface area contributed by atoms with Crippen molar-refractivity contribution >= 4 is 34.7 Å². The minimum Gasteiger partial charge on any atom is -0.503 e. The molecule has 1 aromatic heterocycles. The van der Waals surface area contributed by atoms with Crippen LogP contribution >= 0.6 is 22.9 Å². The van der Waals surface area contributed by atoms with Crippen LogP contribution in [-0.4, -0.2) is 23.9 Å². The van der Waals surface area contributed by atoms with Gasteiger partial charge in [-0.1, -0.05) is 59.3 Å². The number of hydrogen-bond donors (Lipinski definition) is 1. The molecule has 0 amide bonds. The number of halogens is 1. The maximum absolute atomic E-state index is 13.9. The van der Waals surface area contributed by atoms with E-state index in [9.17, 15) is 9.90 Å². The van der Waals surface area contributed by atoms with Crippen molar-refractivity contribution in [2.45, 2.75) is 18.9 Å². The lowest BCUT2D eigenvalue weighted by Crippen LogP contribution is -2.38. The molecule has 3 aromatic carbocycles. The third kappa shape index (κ3) is 3.95. The van der Waals surface area contributed by atoms with Crippen LogP contribution in [0.5, 0.6) is 17.2 Å². The van der Waals surface area contributed by atoms with Gasteiger partial charge in [-0.25, -0.2) is 4.99 Å². The maximum atomic E-state index is 13.9. The van der Waals surface area contributed by atoms with Gasteiger partial charge < -0.3 is 14.6 Å². The Kier molecular flexibility index (Phi) is 5.89. The molecule has 4 aromatic rings. The summed E-state index contributed by atoms with van der Waals surface area (Å²) in [5.74, 6) is 0.848. The number of benzene rings is 3. The van der Waals surface area contributed by atoms with Gasteiger partial charge in [0, 0.05) is 5.56 Å². The molecule has 0 fully saturated rings. The van der Waals surface area contributed by atoms with E-state index in [1.165, 1.54) is 24.0 Å². The summed E-state index contributed by atoms with van der Waals surface area (Å²) >= 11 is 7.54. The lowest BCUT2D eigenvalue weighted by Gasteiger charge is -2.31. The van der Waals surface area contributed by atoms with Crippen molar-refractivity contribution < 1.29 is 14.6 Å². The van der Waals surface area contributed by atoms with Crippen LogP contribution in [0, 0.1) is 0 Å². The summed E-state index contributed by atoms with van der Waals surface area (Å²) in [6.07, 6.45) is 3.46. The normalized spacial score (nSPS) is 16.5. The molecule has 2 aliphatic rings. The van der Waals surface area contributed by atoms with Gasteiger partial charge in [0.25, 0.3) is 5.56 Å². The van der Waals surface area contributed by atoms with Crippen LogP contribution in [0.25, 0.3) is 11.8 Å². The van der Waals surface area contributed by atoms with Crippen molar-refractivity contribution in [3.05, 3.63) is 113 Å². The maximum Gasteiger partial charge on any atom is 0.271 e. The van der Waals surface area contributed by atoms with Crippen LogP contribution in [0.3, 0.4) is 0 Å². The number of methoxy groups -OCH3 is 2. The third-order valence-electron chi connectivity index (χ3n) is 6.85. The number of hydrogen-bond acceptors (Lipinski definition) is 6. The van der Waals surface area contributed by atoms with Crippen LogP contribution in [-0.2, 0) is 6.42 Å². The summed E-state index contributed by atoms with van der Waals surface area (Å²) in [5, 5.41) is 10.3. The van der Waals surface area contributed by atoms with Crippen molar-refractivity contribution in [1.82, 2.24) is 4.57 Å². The molecule has 1 aliphatic carbocycles. The van der Waals surface area contributed by atoms with Crippen molar-refractivity contribution in [2.75, 3.05) is 14.2 Å². The molecular formula is C29H23ClN2O4S. The predicted molar refractivity (Wildman–Crippen MR) is 145 cm³/mol. The number of aryl methyl sites for hydroxylation is 1. The molecule has 6 rings (SSSR count). The molecule has 0 radical (unpaired) electrons. The highest BCUT2D eigenvalue weighted by atomic mass is 35.5. The summed E-state index contributed by atoms with van der Waals surface area (Å²) in [5.41, 5.74) is 5.94. The Bertz CT molecular complexity index is 1770. The predicted octanol–water partition coefficient (Wildman–Crippen LogP) is 4.69. The molecule has 8 heteroatoms. The second kappa shape index (κ2) is 9.25. The van der Waals surface area contributed by atoms with Gasteiger partial charge in [0.15, 0.2) is 16.3 Å². The fraction of sp³-hybridized carbons (Fsp3) is 0.172. The fourth-order valence-electron chi connectivity index (χ4n) is 5.12. The van der Waals surface area contributed by atoms with Gasteiger partial charge in [0.2, 0.25) is 0 Å². The first-order valence-electron chi connectivity index (χ1n) is 11.8. The van der Waals surface area contributed by atoms with E-state index in [4.69, 9.17) is 26.1 Å². The standard InChI is InChI=1S/C29H23ClN2O4S/c1-35-19-8-5-7-18(15-19)26-21-11-10-17-6-3-4-9-20(17)25(21)31-29-32(26)28(34)24(37-29)14-16-12-22(30)27(33)23(13-16)36-2/h3-9,12-15,26,33H,10-11H2,1-2H3. The molecule has 1 aliphatic heterocycles. The molecule has 0 spiro atoms. The van der Waals surface area contributed by atoms with Gasteiger partial charge in [-0.3, -0.25) is 9.36 Å². The zero-order valence-electron chi connectivity index (χ0n) is 20.2. The Balaban J connectivity index is 1.61. The molecule has 37 heavy (non-hydrogen) atoms. The Morgan fingerprint density at radius 2 is 1.92 bits per heavy atom. The second-order valence-electron chi connectivity index (χ2n) is 8.94. The minimum absolute atomic E-state index is 0.132. The summed E-state index contributed by atoms with van der Waals surface area (Å²) in [6, 6.07) is 19.2. The van der Waals surface area contributed by atoms with Crippen LogP contribution < -0.4 is 24.4 Å². The topological polar surface area (TPSA) is 73.1 Å². The van der Waals surface area contributed by atoms with Gasteiger partial charge in [-0.05, 0) is 65.4 Å². The molecule has 186 valence electrons. The quantitative estimate of drug-likeness (QED) is 0.415. The number of allylic oxidation sites excluding steroid dienone is 1. The van der Waals surface area contributed by atoms with E-state index in [1.54, 1.807) is 29.9 Å². The monoisotopic (exact) mass is 530 g/mol.